The molecule has 0 radical (unpaired) electrons. The maximum absolute atomic E-state index is 12.8. The molecule has 9 nitrogen and oxygen atoms in total. The van der Waals surface area contributed by atoms with Gasteiger partial charge < -0.3 is 14.1 Å². The molecular weight excluding hydrogens is 465 g/mol. The van der Waals surface area contributed by atoms with Crippen LogP contribution in [0.1, 0.15) is 10.4 Å². The van der Waals surface area contributed by atoms with Gasteiger partial charge in [0.1, 0.15) is 5.75 Å². The van der Waals surface area contributed by atoms with E-state index in [1.807, 2.05) is 0 Å². The monoisotopic (exact) mass is 482 g/mol. The molecule has 1 aliphatic heterocycles. The molecule has 0 spiro atoms. The molecule has 1 saturated heterocycles. The van der Waals surface area contributed by atoms with Gasteiger partial charge in [0, 0.05) is 37.3 Å². The number of hydrogen-bond acceptors (Lipinski definition) is 7. The molecule has 4 rings (SSSR count). The molecule has 174 valence electrons. The van der Waals surface area contributed by atoms with Crippen LogP contribution in [0.15, 0.2) is 64.2 Å². The molecular formula is C20H17F3N4O5S. The molecule has 3 aromatic rings. The minimum atomic E-state index is -4.86. The van der Waals surface area contributed by atoms with Gasteiger partial charge in [-0.3, -0.25) is 4.79 Å². The summed E-state index contributed by atoms with van der Waals surface area (Å²) in [4.78, 5) is 14.2. The molecule has 0 N–H and O–H groups in total. The van der Waals surface area contributed by atoms with Crippen molar-refractivity contribution >= 4 is 15.9 Å². The molecule has 1 aromatic heterocycles. The van der Waals surface area contributed by atoms with E-state index in [1.54, 1.807) is 24.3 Å². The highest BCUT2D eigenvalue weighted by Gasteiger charge is 2.33. The summed E-state index contributed by atoms with van der Waals surface area (Å²) in [5.41, 5.74) is 1.08. The van der Waals surface area contributed by atoms with Crippen LogP contribution in [0.4, 0.5) is 13.2 Å². The van der Waals surface area contributed by atoms with Crippen LogP contribution in [0.5, 0.6) is 5.75 Å². The third-order valence-electron chi connectivity index (χ3n) is 4.96. The first-order chi connectivity index (χ1) is 15.6. The number of hydrogen-bond donors (Lipinski definition) is 0. The minimum absolute atomic E-state index is 0.0505. The lowest BCUT2D eigenvalue weighted by atomic mass is 10.1. The normalized spacial score (nSPS) is 15.4. The Morgan fingerprint density at radius 3 is 2.15 bits per heavy atom. The Kier molecular flexibility index (Phi) is 6.08. The lowest BCUT2D eigenvalue weighted by Crippen LogP contribution is -2.50. The second-order valence-electron chi connectivity index (χ2n) is 7.04. The second-order valence-corrected chi connectivity index (χ2v) is 8.97. The van der Waals surface area contributed by atoms with E-state index in [-0.39, 0.29) is 37.0 Å². The number of benzene rings is 2. The number of sulfonamides is 1. The molecule has 0 saturated carbocycles. The number of alkyl halides is 3. The van der Waals surface area contributed by atoms with E-state index in [0.717, 1.165) is 24.3 Å². The zero-order valence-corrected chi connectivity index (χ0v) is 17.7. The topological polar surface area (TPSA) is 106 Å². The highest BCUT2D eigenvalue weighted by molar-refractivity contribution is 7.89. The van der Waals surface area contributed by atoms with E-state index in [9.17, 15) is 26.4 Å². The van der Waals surface area contributed by atoms with Gasteiger partial charge in [-0.2, -0.15) is 4.31 Å². The predicted octanol–water partition coefficient (Wildman–Crippen LogP) is 2.78. The van der Waals surface area contributed by atoms with Gasteiger partial charge in [0.05, 0.1) is 4.90 Å². The molecule has 13 heteroatoms. The number of nitrogens with zero attached hydrogens (tertiary/aromatic N) is 4. The second kappa shape index (κ2) is 8.83. The van der Waals surface area contributed by atoms with Crippen LogP contribution in [-0.4, -0.2) is 66.3 Å². The third-order valence-corrected chi connectivity index (χ3v) is 6.87. The van der Waals surface area contributed by atoms with Crippen molar-refractivity contribution < 1.29 is 35.5 Å². The van der Waals surface area contributed by atoms with Gasteiger partial charge >= 0.3 is 6.36 Å². The van der Waals surface area contributed by atoms with Crippen molar-refractivity contribution in [1.82, 2.24) is 19.4 Å². The van der Waals surface area contributed by atoms with Gasteiger partial charge in [-0.05, 0) is 48.5 Å². The number of halogens is 3. The van der Waals surface area contributed by atoms with Crippen molar-refractivity contribution in [3.8, 4) is 17.2 Å². The van der Waals surface area contributed by atoms with E-state index in [4.69, 9.17) is 4.42 Å². The van der Waals surface area contributed by atoms with Crippen molar-refractivity contribution in [3.05, 3.63) is 60.5 Å². The minimum Gasteiger partial charge on any atom is -0.423 e. The van der Waals surface area contributed by atoms with Crippen LogP contribution in [0.25, 0.3) is 11.5 Å². The molecule has 2 heterocycles. The van der Waals surface area contributed by atoms with Crippen LogP contribution >= 0.6 is 0 Å². The van der Waals surface area contributed by atoms with Crippen LogP contribution in [-0.2, 0) is 10.0 Å². The fourth-order valence-electron chi connectivity index (χ4n) is 3.33. The Bertz CT molecular complexity index is 1210. The number of rotatable bonds is 5. The fourth-order valence-corrected chi connectivity index (χ4v) is 4.75. The van der Waals surface area contributed by atoms with Gasteiger partial charge in [0.15, 0.2) is 0 Å². The Hall–Kier alpha value is -3.45. The molecule has 1 aliphatic rings. The van der Waals surface area contributed by atoms with Crippen LogP contribution < -0.4 is 4.74 Å². The zero-order valence-electron chi connectivity index (χ0n) is 16.9. The van der Waals surface area contributed by atoms with Crippen molar-refractivity contribution in [1.29, 1.82) is 0 Å². The highest BCUT2D eigenvalue weighted by Crippen LogP contribution is 2.26. The largest absolute Gasteiger partial charge is 0.573 e. The van der Waals surface area contributed by atoms with Gasteiger partial charge in [0.25, 0.3) is 5.91 Å². The van der Waals surface area contributed by atoms with Gasteiger partial charge in [-0.15, -0.1) is 23.4 Å². The summed E-state index contributed by atoms with van der Waals surface area (Å²) in [5.74, 6) is -0.439. The Morgan fingerprint density at radius 2 is 1.61 bits per heavy atom. The molecule has 2 aromatic carbocycles. The maximum Gasteiger partial charge on any atom is 0.573 e. The summed E-state index contributed by atoms with van der Waals surface area (Å²) in [6.45, 7) is 0.432. The number of amides is 1. The number of carbonyl (C=O) groups is 1. The molecule has 1 amide bonds. The van der Waals surface area contributed by atoms with Crippen molar-refractivity contribution in [2.45, 2.75) is 11.3 Å². The molecule has 1 fully saturated rings. The molecule has 0 unspecified atom stereocenters. The fraction of sp³-hybridized carbons (Fsp3) is 0.250. The third kappa shape index (κ3) is 5.14. The maximum atomic E-state index is 12.8. The first-order valence-electron chi connectivity index (χ1n) is 9.65. The number of carbonyl (C=O) groups excluding carboxylic acids is 1. The van der Waals surface area contributed by atoms with Crippen LogP contribution in [0.3, 0.4) is 0 Å². The Labute approximate surface area is 186 Å². The van der Waals surface area contributed by atoms with Gasteiger partial charge in [-0.1, -0.05) is 0 Å². The number of piperazine rings is 1. The molecule has 33 heavy (non-hydrogen) atoms. The smallest absolute Gasteiger partial charge is 0.423 e. The summed E-state index contributed by atoms with van der Waals surface area (Å²) >= 11 is 0. The molecule has 0 atom stereocenters. The zero-order chi connectivity index (χ0) is 23.6. The first kappa shape index (κ1) is 22.7. The van der Waals surface area contributed by atoms with E-state index < -0.39 is 22.1 Å². The van der Waals surface area contributed by atoms with E-state index in [2.05, 4.69) is 14.9 Å². The molecule has 0 aliphatic carbocycles. The van der Waals surface area contributed by atoms with E-state index in [0.29, 0.717) is 17.0 Å². The summed E-state index contributed by atoms with van der Waals surface area (Å²) in [6.07, 6.45) is -3.66. The summed E-state index contributed by atoms with van der Waals surface area (Å²) < 4.78 is 72.6. The average Bonchev–Trinajstić information content (AvgIpc) is 3.33. The van der Waals surface area contributed by atoms with Crippen molar-refractivity contribution in [2.75, 3.05) is 26.2 Å². The van der Waals surface area contributed by atoms with Crippen LogP contribution in [0.2, 0.25) is 0 Å². The van der Waals surface area contributed by atoms with Crippen molar-refractivity contribution in [3.63, 3.8) is 0 Å². The quantitative estimate of drug-likeness (QED) is 0.551. The van der Waals surface area contributed by atoms with Gasteiger partial charge in [0.2, 0.25) is 22.3 Å². The predicted molar refractivity (Wildman–Crippen MR) is 108 cm³/mol. The Balaban J connectivity index is 1.38. The van der Waals surface area contributed by atoms with E-state index in [1.165, 1.54) is 15.6 Å². The number of aromatic nitrogens is 2. The summed E-state index contributed by atoms with van der Waals surface area (Å²) in [5, 5.41) is 7.40. The van der Waals surface area contributed by atoms with E-state index >= 15 is 0 Å². The van der Waals surface area contributed by atoms with Crippen LogP contribution in [0, 0.1) is 0 Å². The number of ether oxygens (including phenoxy) is 1. The standard InChI is InChI=1S/C20H17F3N4O5S/c21-20(22,23)32-16-5-7-17(8-6-16)33(29,30)27-11-9-26(10-12-27)19(28)15-3-1-14(2-4-15)18-25-24-13-31-18/h1-8,13H,9-12H2. The van der Waals surface area contributed by atoms with Crippen molar-refractivity contribution in [2.24, 2.45) is 0 Å². The average molecular weight is 482 g/mol. The first-order valence-corrected chi connectivity index (χ1v) is 11.1. The Morgan fingerprint density at radius 1 is 0.970 bits per heavy atom. The lowest BCUT2D eigenvalue weighted by molar-refractivity contribution is -0.274. The van der Waals surface area contributed by atoms with Gasteiger partial charge in [-0.25, -0.2) is 8.42 Å². The summed E-state index contributed by atoms with van der Waals surface area (Å²) in [7, 11) is -3.93. The SMILES string of the molecule is O=C(c1ccc(-c2nnco2)cc1)N1CCN(S(=O)(=O)c2ccc(OC(F)(F)F)cc2)CC1. The summed E-state index contributed by atoms with van der Waals surface area (Å²) in [6, 6.07) is 10.6. The highest BCUT2D eigenvalue weighted by atomic mass is 32.2. The molecule has 0 bridgehead atoms. The lowest BCUT2D eigenvalue weighted by Gasteiger charge is -2.34.